The van der Waals surface area contributed by atoms with Crippen molar-refractivity contribution in [3.63, 3.8) is 0 Å². The normalized spacial score (nSPS) is 23.0. The van der Waals surface area contributed by atoms with E-state index < -0.39 is 0 Å². The Balaban J connectivity index is 2.02. The Morgan fingerprint density at radius 3 is 2.81 bits per heavy atom. The number of aromatic nitrogens is 2. The van der Waals surface area contributed by atoms with Crippen LogP contribution in [-0.2, 0) is 4.74 Å². The standard InChI is InChI=1S/C16H21ClN2O2/c1-4-21-12-8-11(9-12)19-13-6-5-7-14(20-3)15(13)18-16(19)10(2)17/h5-7,10-12H,4,8-9H2,1-3H3. The highest BCUT2D eigenvalue weighted by Crippen LogP contribution is 2.41. The third-order valence-electron chi connectivity index (χ3n) is 4.12. The van der Waals surface area contributed by atoms with Crippen LogP contribution in [0.1, 0.15) is 43.9 Å². The molecule has 0 spiro atoms. The molecule has 1 saturated carbocycles. The highest BCUT2D eigenvalue weighted by molar-refractivity contribution is 6.20. The van der Waals surface area contributed by atoms with E-state index in [9.17, 15) is 0 Å². The first-order valence-electron chi connectivity index (χ1n) is 7.46. The molecule has 0 saturated heterocycles. The van der Waals surface area contributed by atoms with Crippen LogP contribution >= 0.6 is 11.6 Å². The molecule has 0 aliphatic heterocycles. The lowest BCUT2D eigenvalue weighted by Gasteiger charge is -2.37. The predicted molar refractivity (Wildman–Crippen MR) is 84.2 cm³/mol. The van der Waals surface area contributed by atoms with Gasteiger partial charge in [-0.25, -0.2) is 4.98 Å². The van der Waals surface area contributed by atoms with Crippen molar-refractivity contribution in [3.05, 3.63) is 24.0 Å². The monoisotopic (exact) mass is 308 g/mol. The Bertz CT molecular complexity index is 632. The van der Waals surface area contributed by atoms with Crippen LogP contribution < -0.4 is 4.74 Å². The van der Waals surface area contributed by atoms with Gasteiger partial charge in [0.15, 0.2) is 0 Å². The molecular weight excluding hydrogens is 288 g/mol. The van der Waals surface area contributed by atoms with Crippen LogP contribution in [0.3, 0.4) is 0 Å². The van der Waals surface area contributed by atoms with Gasteiger partial charge in [0, 0.05) is 12.6 Å². The second kappa shape index (κ2) is 5.85. The van der Waals surface area contributed by atoms with Gasteiger partial charge in [0.25, 0.3) is 0 Å². The number of alkyl halides is 1. The summed E-state index contributed by atoms with van der Waals surface area (Å²) in [6.45, 7) is 4.77. The Hall–Kier alpha value is -1.26. The molecule has 2 aromatic rings. The van der Waals surface area contributed by atoms with Gasteiger partial charge in [0.1, 0.15) is 17.1 Å². The molecule has 1 aromatic heterocycles. The third kappa shape index (κ3) is 2.51. The van der Waals surface area contributed by atoms with Crippen molar-refractivity contribution in [2.45, 2.75) is 44.2 Å². The van der Waals surface area contributed by atoms with Crippen LogP contribution in [0.25, 0.3) is 11.0 Å². The zero-order chi connectivity index (χ0) is 15.0. The van der Waals surface area contributed by atoms with E-state index in [1.54, 1.807) is 7.11 Å². The largest absolute Gasteiger partial charge is 0.494 e. The van der Waals surface area contributed by atoms with Gasteiger partial charge in [0.05, 0.1) is 24.1 Å². The predicted octanol–water partition coefficient (Wildman–Crippen LogP) is 4.08. The number of ether oxygens (including phenoxy) is 2. The van der Waals surface area contributed by atoms with Gasteiger partial charge < -0.3 is 14.0 Å². The van der Waals surface area contributed by atoms with E-state index in [0.717, 1.165) is 42.1 Å². The minimum atomic E-state index is -0.131. The number of methoxy groups -OCH3 is 1. The molecule has 1 aliphatic rings. The minimum absolute atomic E-state index is 0.131. The number of para-hydroxylation sites is 1. The lowest BCUT2D eigenvalue weighted by atomic mass is 9.88. The van der Waals surface area contributed by atoms with Crippen LogP contribution in [-0.4, -0.2) is 29.4 Å². The maximum absolute atomic E-state index is 6.34. The molecule has 5 heteroatoms. The number of nitrogens with zero attached hydrogens (tertiary/aromatic N) is 2. The molecule has 1 atom stereocenters. The maximum atomic E-state index is 6.34. The molecule has 0 bridgehead atoms. The molecule has 1 heterocycles. The number of benzene rings is 1. The Kier molecular flexibility index (Phi) is 4.09. The highest BCUT2D eigenvalue weighted by Gasteiger charge is 2.34. The summed E-state index contributed by atoms with van der Waals surface area (Å²) in [4.78, 5) is 4.72. The lowest BCUT2D eigenvalue weighted by Crippen LogP contribution is -2.34. The van der Waals surface area contributed by atoms with E-state index >= 15 is 0 Å². The quantitative estimate of drug-likeness (QED) is 0.781. The molecule has 3 rings (SSSR count). The summed E-state index contributed by atoms with van der Waals surface area (Å²) in [6, 6.07) is 6.43. The van der Waals surface area contributed by atoms with Crippen molar-refractivity contribution < 1.29 is 9.47 Å². The minimum Gasteiger partial charge on any atom is -0.494 e. The van der Waals surface area contributed by atoms with E-state index in [0.29, 0.717) is 12.1 Å². The lowest BCUT2D eigenvalue weighted by molar-refractivity contribution is -0.0193. The number of rotatable bonds is 5. The Morgan fingerprint density at radius 2 is 2.19 bits per heavy atom. The number of imidazole rings is 1. The van der Waals surface area contributed by atoms with E-state index in [4.69, 9.17) is 26.1 Å². The molecule has 21 heavy (non-hydrogen) atoms. The van der Waals surface area contributed by atoms with E-state index in [1.165, 1.54) is 0 Å². The van der Waals surface area contributed by atoms with Gasteiger partial charge in [-0.15, -0.1) is 11.6 Å². The van der Waals surface area contributed by atoms with Crippen LogP contribution in [0.4, 0.5) is 0 Å². The molecule has 1 aliphatic carbocycles. The molecule has 0 amide bonds. The second-order valence-electron chi connectivity index (χ2n) is 5.49. The van der Waals surface area contributed by atoms with Crippen LogP contribution in [0, 0.1) is 0 Å². The molecule has 1 fully saturated rings. The molecular formula is C16H21ClN2O2. The van der Waals surface area contributed by atoms with E-state index in [-0.39, 0.29) is 5.38 Å². The fourth-order valence-corrected chi connectivity index (χ4v) is 3.21. The summed E-state index contributed by atoms with van der Waals surface area (Å²) in [7, 11) is 1.67. The third-order valence-corrected chi connectivity index (χ3v) is 4.32. The summed E-state index contributed by atoms with van der Waals surface area (Å²) >= 11 is 6.34. The molecule has 1 aromatic carbocycles. The Labute approximate surface area is 130 Å². The van der Waals surface area contributed by atoms with E-state index in [1.807, 2.05) is 26.0 Å². The number of fused-ring (bicyclic) bond motifs is 1. The van der Waals surface area contributed by atoms with Crippen LogP contribution in [0.2, 0.25) is 0 Å². The van der Waals surface area contributed by atoms with Crippen LogP contribution in [0.5, 0.6) is 5.75 Å². The van der Waals surface area contributed by atoms with Crippen molar-refractivity contribution >= 4 is 22.6 Å². The van der Waals surface area contributed by atoms with Crippen molar-refractivity contribution in [3.8, 4) is 5.75 Å². The number of hydrogen-bond acceptors (Lipinski definition) is 3. The van der Waals surface area contributed by atoms with Gasteiger partial charge in [-0.2, -0.15) is 0 Å². The molecule has 0 N–H and O–H groups in total. The van der Waals surface area contributed by atoms with Crippen LogP contribution in [0.15, 0.2) is 18.2 Å². The van der Waals surface area contributed by atoms with E-state index in [2.05, 4.69) is 10.6 Å². The average molecular weight is 309 g/mol. The zero-order valence-corrected chi connectivity index (χ0v) is 13.4. The molecule has 4 nitrogen and oxygen atoms in total. The fraction of sp³-hybridized carbons (Fsp3) is 0.562. The van der Waals surface area contributed by atoms with Crippen molar-refractivity contribution in [2.24, 2.45) is 0 Å². The Morgan fingerprint density at radius 1 is 1.43 bits per heavy atom. The average Bonchev–Trinajstić information content (AvgIpc) is 2.81. The van der Waals surface area contributed by atoms with Crippen molar-refractivity contribution in [2.75, 3.05) is 13.7 Å². The zero-order valence-electron chi connectivity index (χ0n) is 12.7. The number of hydrogen-bond donors (Lipinski definition) is 0. The van der Waals surface area contributed by atoms with Crippen molar-refractivity contribution in [1.82, 2.24) is 9.55 Å². The summed E-state index contributed by atoms with van der Waals surface area (Å²) in [6.07, 6.45) is 2.40. The van der Waals surface area contributed by atoms with Gasteiger partial charge in [-0.05, 0) is 38.8 Å². The topological polar surface area (TPSA) is 36.3 Å². The molecule has 1 unspecified atom stereocenters. The summed E-state index contributed by atoms with van der Waals surface area (Å²) < 4.78 is 13.4. The SMILES string of the molecule is CCOC1CC(n2c(C(C)Cl)nc3c(OC)cccc32)C1. The van der Waals surface area contributed by atoms with Crippen molar-refractivity contribution in [1.29, 1.82) is 0 Å². The first kappa shape index (κ1) is 14.7. The summed E-state index contributed by atoms with van der Waals surface area (Å²) in [5, 5.41) is -0.131. The van der Waals surface area contributed by atoms with Gasteiger partial charge in [0.2, 0.25) is 0 Å². The number of halogens is 1. The fourth-order valence-electron chi connectivity index (χ4n) is 3.06. The first-order chi connectivity index (χ1) is 10.2. The van der Waals surface area contributed by atoms with Gasteiger partial charge in [-0.1, -0.05) is 6.07 Å². The summed E-state index contributed by atoms with van der Waals surface area (Å²) in [5.41, 5.74) is 1.99. The second-order valence-corrected chi connectivity index (χ2v) is 6.14. The van der Waals surface area contributed by atoms with Gasteiger partial charge >= 0.3 is 0 Å². The first-order valence-corrected chi connectivity index (χ1v) is 7.89. The summed E-state index contributed by atoms with van der Waals surface area (Å²) in [5.74, 6) is 1.71. The molecule has 114 valence electrons. The smallest absolute Gasteiger partial charge is 0.146 e. The molecule has 0 radical (unpaired) electrons. The maximum Gasteiger partial charge on any atom is 0.146 e. The van der Waals surface area contributed by atoms with Gasteiger partial charge in [-0.3, -0.25) is 0 Å². The highest BCUT2D eigenvalue weighted by atomic mass is 35.5.